The first-order valence-corrected chi connectivity index (χ1v) is 5.94. The summed E-state index contributed by atoms with van der Waals surface area (Å²) >= 11 is 0. The van der Waals surface area contributed by atoms with E-state index in [-0.39, 0.29) is 18.2 Å². The smallest absolute Gasteiger partial charge is 0.201 e. The summed E-state index contributed by atoms with van der Waals surface area (Å²) in [5.74, 6) is 0.00974. The van der Waals surface area contributed by atoms with Gasteiger partial charge in [0.05, 0.1) is 5.52 Å². The molecule has 2 N–H and O–H groups in total. The predicted molar refractivity (Wildman–Crippen MR) is 79.4 cm³/mol. The Morgan fingerprint density at radius 1 is 1.30 bits per heavy atom. The first-order chi connectivity index (χ1) is 9.15. The number of halogens is 2. The van der Waals surface area contributed by atoms with Crippen molar-refractivity contribution in [2.75, 3.05) is 5.73 Å². The number of nitrogen functional groups attached to an aromatic ring is 1. The maximum Gasteiger partial charge on any atom is 0.201 e. The maximum atomic E-state index is 14.1. The lowest BCUT2D eigenvalue weighted by atomic mass is 10.1. The third-order valence-corrected chi connectivity index (χ3v) is 3.15. The van der Waals surface area contributed by atoms with Crippen LogP contribution in [-0.4, -0.2) is 14.5 Å². The summed E-state index contributed by atoms with van der Waals surface area (Å²) in [6, 6.07) is 7.21. The van der Waals surface area contributed by atoms with E-state index in [1.807, 2.05) is 18.2 Å². The Labute approximate surface area is 121 Å². The molecule has 4 nitrogen and oxygen atoms in total. The second kappa shape index (κ2) is 5.46. The number of aromatic nitrogens is 3. The molecule has 6 heteroatoms. The van der Waals surface area contributed by atoms with Gasteiger partial charge in [-0.15, -0.1) is 12.4 Å². The standard InChI is InChI=1S/C14H13FN4.ClH/c1-19-13-11(15)6-10(7-12(13)18-14(19)16)5-9-3-2-4-17-8-9;/h2-4,6-8H,5H2,1H3,(H2,16,18);1H. The third kappa shape index (κ3) is 2.44. The number of anilines is 1. The minimum atomic E-state index is -0.303. The van der Waals surface area contributed by atoms with E-state index in [1.165, 1.54) is 6.07 Å². The van der Waals surface area contributed by atoms with Gasteiger partial charge in [0.2, 0.25) is 5.95 Å². The first kappa shape index (κ1) is 14.3. The monoisotopic (exact) mass is 292 g/mol. The first-order valence-electron chi connectivity index (χ1n) is 5.94. The van der Waals surface area contributed by atoms with E-state index in [1.54, 1.807) is 24.0 Å². The van der Waals surface area contributed by atoms with E-state index in [2.05, 4.69) is 9.97 Å². The number of hydrogen-bond donors (Lipinski definition) is 1. The molecule has 3 aromatic rings. The topological polar surface area (TPSA) is 56.7 Å². The highest BCUT2D eigenvalue weighted by atomic mass is 35.5. The molecule has 0 saturated heterocycles. The average molecular weight is 293 g/mol. The molecule has 0 aliphatic rings. The number of fused-ring (bicyclic) bond motifs is 1. The van der Waals surface area contributed by atoms with Crippen LogP contribution in [0.25, 0.3) is 11.0 Å². The van der Waals surface area contributed by atoms with Gasteiger partial charge in [0.15, 0.2) is 0 Å². The number of nitrogens with two attached hydrogens (primary N) is 1. The van der Waals surface area contributed by atoms with Gasteiger partial charge in [0.25, 0.3) is 0 Å². The van der Waals surface area contributed by atoms with Crippen LogP contribution in [0.2, 0.25) is 0 Å². The Hall–Kier alpha value is -2.14. The molecule has 0 bridgehead atoms. The fraction of sp³-hybridized carbons (Fsp3) is 0.143. The van der Waals surface area contributed by atoms with E-state index in [4.69, 9.17) is 5.73 Å². The molecular weight excluding hydrogens is 279 g/mol. The summed E-state index contributed by atoms with van der Waals surface area (Å²) in [7, 11) is 1.70. The molecule has 20 heavy (non-hydrogen) atoms. The van der Waals surface area contributed by atoms with Gasteiger partial charge in [-0.1, -0.05) is 6.07 Å². The van der Waals surface area contributed by atoms with Crippen molar-refractivity contribution in [2.45, 2.75) is 6.42 Å². The lowest BCUT2D eigenvalue weighted by Gasteiger charge is -2.03. The molecule has 104 valence electrons. The van der Waals surface area contributed by atoms with Crippen LogP contribution in [0.1, 0.15) is 11.1 Å². The van der Waals surface area contributed by atoms with Gasteiger partial charge in [0.1, 0.15) is 11.3 Å². The zero-order chi connectivity index (χ0) is 13.4. The molecule has 2 aromatic heterocycles. The Kier molecular flexibility index (Phi) is 3.90. The van der Waals surface area contributed by atoms with E-state index >= 15 is 0 Å². The van der Waals surface area contributed by atoms with Gasteiger partial charge < -0.3 is 10.3 Å². The van der Waals surface area contributed by atoms with Gasteiger partial charge >= 0.3 is 0 Å². The Balaban J connectivity index is 0.00000147. The molecule has 0 aliphatic heterocycles. The fourth-order valence-corrected chi connectivity index (χ4v) is 2.21. The van der Waals surface area contributed by atoms with Crippen molar-refractivity contribution in [3.8, 4) is 0 Å². The maximum absolute atomic E-state index is 14.1. The molecular formula is C14H14ClFN4. The lowest BCUT2D eigenvalue weighted by Crippen LogP contribution is -1.97. The van der Waals surface area contributed by atoms with Gasteiger partial charge in [-0.25, -0.2) is 9.37 Å². The highest BCUT2D eigenvalue weighted by Crippen LogP contribution is 2.22. The summed E-state index contributed by atoms with van der Waals surface area (Å²) < 4.78 is 15.6. The lowest BCUT2D eigenvalue weighted by molar-refractivity contribution is 0.630. The van der Waals surface area contributed by atoms with Crippen molar-refractivity contribution in [2.24, 2.45) is 7.05 Å². The number of aryl methyl sites for hydroxylation is 1. The number of pyridine rings is 1. The third-order valence-electron chi connectivity index (χ3n) is 3.15. The van der Waals surface area contributed by atoms with E-state index < -0.39 is 0 Å². The number of nitrogens with zero attached hydrogens (tertiary/aromatic N) is 3. The molecule has 0 unspecified atom stereocenters. The summed E-state index contributed by atoms with van der Waals surface area (Å²) in [5, 5.41) is 0. The second-order valence-electron chi connectivity index (χ2n) is 4.51. The fourth-order valence-electron chi connectivity index (χ4n) is 2.21. The average Bonchev–Trinajstić information content (AvgIpc) is 2.66. The minimum Gasteiger partial charge on any atom is -0.369 e. The largest absolute Gasteiger partial charge is 0.369 e. The number of hydrogen-bond acceptors (Lipinski definition) is 3. The van der Waals surface area contributed by atoms with Crippen molar-refractivity contribution in [1.29, 1.82) is 0 Å². The summed E-state index contributed by atoms with van der Waals surface area (Å²) in [5.41, 5.74) is 8.61. The quantitative estimate of drug-likeness (QED) is 0.790. The molecule has 0 aliphatic carbocycles. The van der Waals surface area contributed by atoms with Crippen molar-refractivity contribution in [3.05, 3.63) is 53.6 Å². The molecule has 1 aromatic carbocycles. The zero-order valence-corrected chi connectivity index (χ0v) is 11.7. The molecule has 0 saturated carbocycles. The van der Waals surface area contributed by atoms with Crippen molar-refractivity contribution in [3.63, 3.8) is 0 Å². The van der Waals surface area contributed by atoms with Crippen LogP contribution >= 0.6 is 12.4 Å². The predicted octanol–water partition coefficient (Wildman–Crippen LogP) is 2.70. The molecule has 0 fully saturated rings. The normalized spacial score (nSPS) is 10.5. The van der Waals surface area contributed by atoms with Crippen molar-refractivity contribution < 1.29 is 4.39 Å². The Morgan fingerprint density at radius 2 is 2.10 bits per heavy atom. The molecule has 0 atom stereocenters. The van der Waals surface area contributed by atoms with Crippen molar-refractivity contribution in [1.82, 2.24) is 14.5 Å². The SMILES string of the molecule is Cl.Cn1c(N)nc2cc(Cc3cccnc3)cc(F)c21. The van der Waals surface area contributed by atoms with Crippen LogP contribution < -0.4 is 5.73 Å². The Morgan fingerprint density at radius 3 is 2.80 bits per heavy atom. The number of imidazole rings is 1. The second-order valence-corrected chi connectivity index (χ2v) is 4.51. The summed E-state index contributed by atoms with van der Waals surface area (Å²) in [4.78, 5) is 8.21. The van der Waals surface area contributed by atoms with Gasteiger partial charge in [-0.05, 0) is 35.7 Å². The number of benzene rings is 1. The van der Waals surface area contributed by atoms with Crippen LogP contribution in [0.5, 0.6) is 0 Å². The van der Waals surface area contributed by atoms with Crippen LogP contribution in [-0.2, 0) is 13.5 Å². The van der Waals surface area contributed by atoms with Gasteiger partial charge in [-0.3, -0.25) is 4.98 Å². The van der Waals surface area contributed by atoms with E-state index in [9.17, 15) is 4.39 Å². The summed E-state index contributed by atoms with van der Waals surface area (Å²) in [6.45, 7) is 0. The molecule has 0 amide bonds. The van der Waals surface area contributed by atoms with Gasteiger partial charge in [-0.2, -0.15) is 0 Å². The van der Waals surface area contributed by atoms with Crippen LogP contribution in [0.3, 0.4) is 0 Å². The molecule has 0 spiro atoms. The van der Waals surface area contributed by atoms with Crippen LogP contribution in [0, 0.1) is 5.82 Å². The van der Waals surface area contributed by atoms with E-state index in [0.717, 1.165) is 11.1 Å². The highest BCUT2D eigenvalue weighted by Gasteiger charge is 2.11. The zero-order valence-electron chi connectivity index (χ0n) is 10.9. The van der Waals surface area contributed by atoms with E-state index in [0.29, 0.717) is 23.4 Å². The summed E-state index contributed by atoms with van der Waals surface area (Å²) in [6.07, 6.45) is 4.11. The van der Waals surface area contributed by atoms with Crippen LogP contribution in [0.15, 0.2) is 36.7 Å². The minimum absolute atomic E-state index is 0. The molecule has 0 radical (unpaired) electrons. The van der Waals surface area contributed by atoms with Crippen LogP contribution in [0.4, 0.5) is 10.3 Å². The molecule has 3 rings (SSSR count). The highest BCUT2D eigenvalue weighted by molar-refractivity contribution is 5.85. The van der Waals surface area contributed by atoms with Crippen molar-refractivity contribution >= 4 is 29.4 Å². The number of rotatable bonds is 2. The Bertz CT molecular complexity index is 740. The van der Waals surface area contributed by atoms with Gasteiger partial charge in [0, 0.05) is 19.4 Å². The molecule has 2 heterocycles.